The second-order valence-electron chi connectivity index (χ2n) is 4.24. The number of hydrogen-bond donors (Lipinski definition) is 1. The molecule has 16 heavy (non-hydrogen) atoms. The summed E-state index contributed by atoms with van der Waals surface area (Å²) in [5, 5.41) is 12.5. The van der Waals surface area contributed by atoms with E-state index in [2.05, 4.69) is 10.1 Å². The molecule has 6 heteroatoms. The van der Waals surface area contributed by atoms with Crippen molar-refractivity contribution in [1.82, 2.24) is 15.0 Å². The first-order valence-corrected chi connectivity index (χ1v) is 5.37. The van der Waals surface area contributed by atoms with Crippen LogP contribution in [0.15, 0.2) is 4.52 Å². The van der Waals surface area contributed by atoms with Crippen molar-refractivity contribution in [1.29, 1.82) is 0 Å². The normalized spacial score (nSPS) is 15.6. The lowest BCUT2D eigenvalue weighted by atomic mass is 10.3. The highest BCUT2D eigenvalue weighted by molar-refractivity contribution is 5.69. The minimum Gasteiger partial charge on any atom is -0.480 e. The standard InChI is InChI=1S/C10H15N3O3/c1-7-11-9(16-12-7)5-13(6-10(14)15)4-8-2-3-8/h8H,2-6H2,1H3,(H,14,15). The van der Waals surface area contributed by atoms with Gasteiger partial charge in [0.15, 0.2) is 5.82 Å². The fourth-order valence-corrected chi connectivity index (χ4v) is 1.64. The second-order valence-corrected chi connectivity index (χ2v) is 4.24. The van der Waals surface area contributed by atoms with E-state index >= 15 is 0 Å². The lowest BCUT2D eigenvalue weighted by Gasteiger charge is -2.17. The molecule has 1 saturated carbocycles. The van der Waals surface area contributed by atoms with Crippen LogP contribution in [0.3, 0.4) is 0 Å². The fraction of sp³-hybridized carbons (Fsp3) is 0.700. The molecular weight excluding hydrogens is 210 g/mol. The third-order valence-corrected chi connectivity index (χ3v) is 2.50. The van der Waals surface area contributed by atoms with Crippen LogP contribution in [-0.4, -0.2) is 39.2 Å². The Balaban J connectivity index is 1.91. The third kappa shape index (κ3) is 3.30. The predicted molar refractivity (Wildman–Crippen MR) is 54.7 cm³/mol. The fourth-order valence-electron chi connectivity index (χ4n) is 1.64. The average Bonchev–Trinajstić information content (AvgIpc) is 2.89. The Kier molecular flexibility index (Phi) is 3.19. The van der Waals surface area contributed by atoms with Crippen LogP contribution in [0.4, 0.5) is 0 Å². The van der Waals surface area contributed by atoms with E-state index in [1.807, 2.05) is 4.90 Å². The molecule has 0 spiro atoms. The molecule has 0 amide bonds. The lowest BCUT2D eigenvalue weighted by molar-refractivity contribution is -0.138. The number of nitrogens with zero attached hydrogens (tertiary/aromatic N) is 3. The molecule has 0 atom stereocenters. The van der Waals surface area contributed by atoms with Gasteiger partial charge in [0, 0.05) is 6.54 Å². The predicted octanol–water partition coefficient (Wildman–Crippen LogP) is 0.675. The van der Waals surface area contributed by atoms with E-state index in [-0.39, 0.29) is 6.54 Å². The molecule has 1 fully saturated rings. The van der Waals surface area contributed by atoms with Gasteiger partial charge in [0.05, 0.1) is 13.1 Å². The second kappa shape index (κ2) is 4.61. The third-order valence-electron chi connectivity index (χ3n) is 2.50. The molecule has 0 bridgehead atoms. The largest absolute Gasteiger partial charge is 0.480 e. The first-order chi connectivity index (χ1) is 7.63. The van der Waals surface area contributed by atoms with Crippen molar-refractivity contribution >= 4 is 5.97 Å². The Labute approximate surface area is 93.2 Å². The van der Waals surface area contributed by atoms with E-state index in [4.69, 9.17) is 9.63 Å². The van der Waals surface area contributed by atoms with Gasteiger partial charge in [-0.3, -0.25) is 9.69 Å². The molecule has 6 nitrogen and oxygen atoms in total. The summed E-state index contributed by atoms with van der Waals surface area (Å²) in [4.78, 5) is 16.6. The van der Waals surface area contributed by atoms with Crippen LogP contribution in [0.1, 0.15) is 24.6 Å². The molecule has 1 aromatic heterocycles. The van der Waals surface area contributed by atoms with Gasteiger partial charge in [-0.2, -0.15) is 4.98 Å². The van der Waals surface area contributed by atoms with Gasteiger partial charge in [0.2, 0.25) is 5.89 Å². The molecule has 0 aromatic carbocycles. The topological polar surface area (TPSA) is 79.5 Å². The summed E-state index contributed by atoms with van der Waals surface area (Å²) >= 11 is 0. The number of aliphatic carboxylic acids is 1. The van der Waals surface area contributed by atoms with E-state index in [1.54, 1.807) is 6.92 Å². The van der Waals surface area contributed by atoms with Gasteiger partial charge in [0.25, 0.3) is 0 Å². The van der Waals surface area contributed by atoms with Gasteiger partial charge in [0.1, 0.15) is 0 Å². The lowest BCUT2D eigenvalue weighted by Crippen LogP contribution is -2.31. The monoisotopic (exact) mass is 225 g/mol. The molecular formula is C10H15N3O3. The van der Waals surface area contributed by atoms with E-state index < -0.39 is 5.97 Å². The summed E-state index contributed by atoms with van der Waals surface area (Å²) in [7, 11) is 0. The number of rotatable bonds is 6. The molecule has 0 unspecified atom stereocenters. The van der Waals surface area contributed by atoms with E-state index in [9.17, 15) is 4.79 Å². The molecule has 1 aliphatic rings. The van der Waals surface area contributed by atoms with E-state index in [0.717, 1.165) is 6.54 Å². The number of carboxylic acid groups (broad SMARTS) is 1. The van der Waals surface area contributed by atoms with Crippen LogP contribution in [0.25, 0.3) is 0 Å². The van der Waals surface area contributed by atoms with Crippen molar-refractivity contribution in [3.63, 3.8) is 0 Å². The zero-order valence-electron chi connectivity index (χ0n) is 9.22. The number of carboxylic acids is 1. The molecule has 0 saturated heterocycles. The smallest absolute Gasteiger partial charge is 0.317 e. The highest BCUT2D eigenvalue weighted by Gasteiger charge is 2.26. The van der Waals surface area contributed by atoms with Gasteiger partial charge in [-0.05, 0) is 25.7 Å². The zero-order chi connectivity index (χ0) is 11.5. The minimum absolute atomic E-state index is 0.0257. The Hall–Kier alpha value is -1.43. The maximum Gasteiger partial charge on any atom is 0.317 e. The summed E-state index contributed by atoms with van der Waals surface area (Å²) in [5.41, 5.74) is 0. The molecule has 0 radical (unpaired) electrons. The summed E-state index contributed by atoms with van der Waals surface area (Å²) in [5.74, 6) is 0.886. The highest BCUT2D eigenvalue weighted by atomic mass is 16.5. The quantitative estimate of drug-likeness (QED) is 0.766. The molecule has 88 valence electrons. The molecule has 2 rings (SSSR count). The van der Waals surface area contributed by atoms with Crippen LogP contribution in [0.5, 0.6) is 0 Å². The summed E-state index contributed by atoms with van der Waals surface area (Å²) in [6, 6.07) is 0. The van der Waals surface area contributed by atoms with Gasteiger partial charge in [-0.15, -0.1) is 0 Å². The Bertz CT molecular complexity index is 373. The van der Waals surface area contributed by atoms with E-state index in [1.165, 1.54) is 12.8 Å². The van der Waals surface area contributed by atoms with Crippen molar-refractivity contribution in [3.8, 4) is 0 Å². The molecule has 1 N–H and O–H groups in total. The molecule has 1 aromatic rings. The first-order valence-electron chi connectivity index (χ1n) is 5.37. The maximum absolute atomic E-state index is 10.7. The van der Waals surface area contributed by atoms with Crippen molar-refractivity contribution in [2.24, 2.45) is 5.92 Å². The SMILES string of the molecule is Cc1noc(CN(CC(=O)O)CC2CC2)n1. The van der Waals surface area contributed by atoms with Crippen molar-refractivity contribution in [2.75, 3.05) is 13.1 Å². The summed E-state index contributed by atoms with van der Waals surface area (Å²) in [6.45, 7) is 2.99. The molecule has 1 heterocycles. The Morgan fingerprint density at radius 3 is 2.88 bits per heavy atom. The number of aromatic nitrogens is 2. The maximum atomic E-state index is 10.7. The molecule has 0 aliphatic heterocycles. The average molecular weight is 225 g/mol. The highest BCUT2D eigenvalue weighted by Crippen LogP contribution is 2.29. The van der Waals surface area contributed by atoms with Gasteiger partial charge >= 0.3 is 5.97 Å². The Morgan fingerprint density at radius 1 is 1.62 bits per heavy atom. The van der Waals surface area contributed by atoms with Crippen LogP contribution in [0.2, 0.25) is 0 Å². The van der Waals surface area contributed by atoms with Crippen LogP contribution in [-0.2, 0) is 11.3 Å². The number of hydrogen-bond acceptors (Lipinski definition) is 5. The van der Waals surface area contributed by atoms with Crippen LogP contribution in [0, 0.1) is 12.8 Å². The van der Waals surface area contributed by atoms with Crippen molar-refractivity contribution in [2.45, 2.75) is 26.3 Å². The van der Waals surface area contributed by atoms with Crippen molar-refractivity contribution in [3.05, 3.63) is 11.7 Å². The van der Waals surface area contributed by atoms with Gasteiger partial charge in [-0.1, -0.05) is 5.16 Å². The van der Waals surface area contributed by atoms with Gasteiger partial charge < -0.3 is 9.63 Å². The Morgan fingerprint density at radius 2 is 2.38 bits per heavy atom. The van der Waals surface area contributed by atoms with Crippen molar-refractivity contribution < 1.29 is 14.4 Å². The van der Waals surface area contributed by atoms with E-state index in [0.29, 0.717) is 24.2 Å². The van der Waals surface area contributed by atoms with Crippen LogP contribution >= 0.6 is 0 Å². The van der Waals surface area contributed by atoms with Gasteiger partial charge in [-0.25, -0.2) is 0 Å². The first kappa shape index (κ1) is 11.1. The zero-order valence-corrected chi connectivity index (χ0v) is 9.22. The molecule has 1 aliphatic carbocycles. The number of aryl methyl sites for hydroxylation is 1. The van der Waals surface area contributed by atoms with Crippen LogP contribution < -0.4 is 0 Å². The summed E-state index contributed by atoms with van der Waals surface area (Å²) < 4.78 is 4.98. The summed E-state index contributed by atoms with van der Waals surface area (Å²) in [6.07, 6.45) is 2.39. The minimum atomic E-state index is -0.822. The number of carbonyl (C=O) groups is 1.